The summed E-state index contributed by atoms with van der Waals surface area (Å²) in [7, 11) is -3.47. The summed E-state index contributed by atoms with van der Waals surface area (Å²) < 4.78 is 63.5. The monoisotopic (exact) mass is 581 g/mol. The minimum Gasteiger partial charge on any atom is -0.326 e. The summed E-state index contributed by atoms with van der Waals surface area (Å²) in [6, 6.07) is 24.3. The molecule has 4 rings (SSSR count). The molecule has 0 saturated heterocycles. The van der Waals surface area contributed by atoms with Crippen LogP contribution >= 0.6 is 0 Å². The molecule has 1 atom stereocenters. The SMILES string of the molecule is CS(=O)(=O)c1ccccc1-c1ccc(NC(=O)[C@@H](Cc2ccccc2)NC(=O)Nc2cccc(C(F)(F)F)c2)cc1. The van der Waals surface area contributed by atoms with E-state index in [1.165, 1.54) is 18.2 Å². The van der Waals surface area contributed by atoms with E-state index in [4.69, 9.17) is 0 Å². The van der Waals surface area contributed by atoms with Crippen LogP contribution < -0.4 is 16.0 Å². The van der Waals surface area contributed by atoms with E-state index in [0.717, 1.165) is 24.0 Å². The van der Waals surface area contributed by atoms with Crippen molar-refractivity contribution in [3.63, 3.8) is 0 Å². The van der Waals surface area contributed by atoms with Crippen molar-refractivity contribution < 1.29 is 31.2 Å². The molecule has 0 bridgehead atoms. The lowest BCUT2D eigenvalue weighted by Crippen LogP contribution is -2.46. The van der Waals surface area contributed by atoms with Crippen molar-refractivity contribution in [2.24, 2.45) is 0 Å². The van der Waals surface area contributed by atoms with Gasteiger partial charge < -0.3 is 16.0 Å². The van der Waals surface area contributed by atoms with E-state index < -0.39 is 39.6 Å². The Morgan fingerprint density at radius 2 is 1.44 bits per heavy atom. The Morgan fingerprint density at radius 3 is 2.10 bits per heavy atom. The molecular weight excluding hydrogens is 555 g/mol. The van der Waals surface area contributed by atoms with E-state index in [-0.39, 0.29) is 17.0 Å². The molecule has 11 heteroatoms. The van der Waals surface area contributed by atoms with E-state index in [0.29, 0.717) is 16.8 Å². The van der Waals surface area contributed by atoms with Gasteiger partial charge in [0, 0.05) is 29.6 Å². The zero-order valence-electron chi connectivity index (χ0n) is 21.8. The Kier molecular flexibility index (Phi) is 8.77. The van der Waals surface area contributed by atoms with Gasteiger partial charge in [-0.2, -0.15) is 13.2 Å². The normalized spacial score (nSPS) is 12.3. The third-order valence-corrected chi connectivity index (χ3v) is 7.26. The van der Waals surface area contributed by atoms with Gasteiger partial charge in [-0.3, -0.25) is 4.79 Å². The van der Waals surface area contributed by atoms with E-state index >= 15 is 0 Å². The molecule has 0 aliphatic rings. The predicted molar refractivity (Wildman–Crippen MR) is 151 cm³/mol. The van der Waals surface area contributed by atoms with Crippen LogP contribution in [-0.2, 0) is 27.2 Å². The number of halogens is 3. The van der Waals surface area contributed by atoms with Gasteiger partial charge in [-0.05, 0) is 47.5 Å². The lowest BCUT2D eigenvalue weighted by molar-refractivity contribution is -0.137. The fourth-order valence-electron chi connectivity index (χ4n) is 4.15. The second kappa shape index (κ2) is 12.3. The molecule has 0 aromatic heterocycles. The van der Waals surface area contributed by atoms with Crippen LogP contribution in [0, 0.1) is 0 Å². The van der Waals surface area contributed by atoms with Gasteiger partial charge in [0.25, 0.3) is 0 Å². The zero-order chi connectivity index (χ0) is 29.6. The van der Waals surface area contributed by atoms with Crippen LogP contribution in [-0.4, -0.2) is 32.7 Å². The molecular formula is C30H26F3N3O4S. The number of hydrogen-bond acceptors (Lipinski definition) is 4. The number of carbonyl (C=O) groups excluding carboxylic acids is 2. The van der Waals surface area contributed by atoms with E-state index in [1.54, 1.807) is 72.8 Å². The Bertz CT molecular complexity index is 1640. The number of alkyl halides is 3. The summed E-state index contributed by atoms with van der Waals surface area (Å²) >= 11 is 0. The first-order chi connectivity index (χ1) is 19.4. The third-order valence-electron chi connectivity index (χ3n) is 6.10. The van der Waals surface area contributed by atoms with Crippen LogP contribution in [0.2, 0.25) is 0 Å². The maximum atomic E-state index is 13.2. The number of anilines is 2. The number of urea groups is 1. The van der Waals surface area contributed by atoms with Gasteiger partial charge in [0.2, 0.25) is 5.91 Å². The summed E-state index contributed by atoms with van der Waals surface area (Å²) in [5.74, 6) is -0.558. The maximum absolute atomic E-state index is 13.2. The van der Waals surface area contributed by atoms with Gasteiger partial charge in [-0.1, -0.05) is 66.7 Å². The highest BCUT2D eigenvalue weighted by atomic mass is 32.2. The molecule has 0 aliphatic heterocycles. The lowest BCUT2D eigenvalue weighted by Gasteiger charge is -2.19. The predicted octanol–water partition coefficient (Wildman–Crippen LogP) is 6.15. The quantitative estimate of drug-likeness (QED) is 0.232. The molecule has 3 amide bonds. The smallest absolute Gasteiger partial charge is 0.326 e. The van der Waals surface area contributed by atoms with Crippen LogP contribution in [0.5, 0.6) is 0 Å². The number of benzene rings is 4. The molecule has 41 heavy (non-hydrogen) atoms. The number of rotatable bonds is 8. The first kappa shape index (κ1) is 29.3. The summed E-state index contributed by atoms with van der Waals surface area (Å²) in [6.07, 6.45) is -3.34. The molecule has 4 aromatic rings. The second-order valence-corrected chi connectivity index (χ2v) is 11.2. The molecule has 0 spiro atoms. The average molecular weight is 582 g/mol. The molecule has 0 unspecified atom stereocenters. The summed E-state index contributed by atoms with van der Waals surface area (Å²) in [6.45, 7) is 0. The van der Waals surface area contributed by atoms with E-state index in [1.807, 2.05) is 0 Å². The molecule has 0 saturated carbocycles. The lowest BCUT2D eigenvalue weighted by atomic mass is 10.0. The minimum absolute atomic E-state index is 0.0823. The maximum Gasteiger partial charge on any atom is 0.416 e. The standard InChI is InChI=1S/C30H26F3N3O4S/c1-41(39,40)27-13-6-5-12-25(27)21-14-16-23(17-15-21)34-28(37)26(18-20-8-3-2-4-9-20)36-29(38)35-24-11-7-10-22(19-24)30(31,32)33/h2-17,19,26H,18H2,1H3,(H,34,37)(H2,35,36,38)/t26-/m1/s1. The van der Waals surface area contributed by atoms with Gasteiger partial charge in [-0.15, -0.1) is 0 Å². The largest absolute Gasteiger partial charge is 0.416 e. The molecule has 7 nitrogen and oxygen atoms in total. The number of sulfone groups is 1. The topological polar surface area (TPSA) is 104 Å². The highest BCUT2D eigenvalue weighted by Crippen LogP contribution is 2.31. The number of hydrogen-bond donors (Lipinski definition) is 3. The molecule has 0 aliphatic carbocycles. The van der Waals surface area contributed by atoms with Gasteiger partial charge >= 0.3 is 12.2 Å². The third kappa shape index (κ3) is 7.95. The van der Waals surface area contributed by atoms with Crippen molar-refractivity contribution in [3.8, 4) is 11.1 Å². The molecule has 3 N–H and O–H groups in total. The highest BCUT2D eigenvalue weighted by Gasteiger charge is 2.30. The summed E-state index contributed by atoms with van der Waals surface area (Å²) in [5, 5.41) is 7.63. The number of carbonyl (C=O) groups is 2. The van der Waals surface area contributed by atoms with Crippen LogP contribution in [0.15, 0.2) is 108 Å². The van der Waals surface area contributed by atoms with Crippen LogP contribution in [0.25, 0.3) is 11.1 Å². The summed E-state index contributed by atoms with van der Waals surface area (Å²) in [4.78, 5) is 26.1. The molecule has 212 valence electrons. The van der Waals surface area contributed by atoms with Crippen LogP contribution in [0.3, 0.4) is 0 Å². The first-order valence-corrected chi connectivity index (χ1v) is 14.3. The van der Waals surface area contributed by atoms with Gasteiger partial charge in [0.1, 0.15) is 6.04 Å². The zero-order valence-corrected chi connectivity index (χ0v) is 22.6. The Labute approximate surface area is 235 Å². The molecule has 4 aromatic carbocycles. The van der Waals surface area contributed by atoms with Crippen molar-refractivity contribution in [1.82, 2.24) is 5.32 Å². The Balaban J connectivity index is 1.51. The van der Waals surface area contributed by atoms with E-state index in [9.17, 15) is 31.2 Å². The number of nitrogens with one attached hydrogen (secondary N) is 3. The fraction of sp³-hybridized carbons (Fsp3) is 0.133. The van der Waals surface area contributed by atoms with Crippen molar-refractivity contribution in [2.45, 2.75) is 23.5 Å². The Morgan fingerprint density at radius 1 is 0.780 bits per heavy atom. The van der Waals surface area contributed by atoms with Crippen molar-refractivity contribution >= 4 is 33.2 Å². The van der Waals surface area contributed by atoms with Crippen molar-refractivity contribution in [1.29, 1.82) is 0 Å². The molecule has 0 heterocycles. The molecule has 0 radical (unpaired) electrons. The molecule has 0 fully saturated rings. The van der Waals surface area contributed by atoms with Crippen molar-refractivity contribution in [2.75, 3.05) is 16.9 Å². The first-order valence-electron chi connectivity index (χ1n) is 12.4. The van der Waals surface area contributed by atoms with Gasteiger partial charge in [0.15, 0.2) is 9.84 Å². The second-order valence-electron chi connectivity index (χ2n) is 9.25. The van der Waals surface area contributed by atoms with Crippen LogP contribution in [0.1, 0.15) is 11.1 Å². The highest BCUT2D eigenvalue weighted by molar-refractivity contribution is 7.90. The average Bonchev–Trinajstić information content (AvgIpc) is 2.93. The number of amides is 3. The van der Waals surface area contributed by atoms with Crippen molar-refractivity contribution in [3.05, 3.63) is 114 Å². The Hall–Kier alpha value is -4.64. The van der Waals surface area contributed by atoms with Gasteiger partial charge in [-0.25, -0.2) is 13.2 Å². The minimum atomic E-state index is -4.58. The van der Waals surface area contributed by atoms with Gasteiger partial charge in [0.05, 0.1) is 10.5 Å². The van der Waals surface area contributed by atoms with E-state index in [2.05, 4.69) is 16.0 Å². The summed E-state index contributed by atoms with van der Waals surface area (Å²) in [5.41, 5.74) is 1.29. The fourth-order valence-corrected chi connectivity index (χ4v) is 5.06. The van der Waals surface area contributed by atoms with Crippen LogP contribution in [0.4, 0.5) is 29.3 Å².